The molecule has 1 heterocycles. The van der Waals surface area contributed by atoms with E-state index in [4.69, 9.17) is 11.2 Å². The van der Waals surface area contributed by atoms with Crippen LogP contribution in [0, 0.1) is 19.3 Å². The van der Waals surface area contributed by atoms with Crippen molar-refractivity contribution in [2.45, 2.75) is 6.92 Å². The second kappa shape index (κ2) is 9.13. The van der Waals surface area contributed by atoms with Gasteiger partial charge in [0.1, 0.15) is 5.75 Å². The first kappa shape index (κ1) is 20.2. The first-order chi connectivity index (χ1) is 14.0. The molecule has 0 atom stereocenters. The molecule has 2 aromatic rings. The molecule has 1 fully saturated rings. The van der Waals surface area contributed by atoms with E-state index in [1.54, 1.807) is 30.3 Å². The number of ether oxygens (including phenoxy) is 1. The predicted molar refractivity (Wildman–Crippen MR) is 113 cm³/mol. The van der Waals surface area contributed by atoms with Gasteiger partial charge >= 0.3 is 0 Å². The zero-order valence-corrected chi connectivity index (χ0v) is 16.5. The molecule has 7 heteroatoms. The number of hydrogen-bond donors (Lipinski definition) is 1. The zero-order chi connectivity index (χ0) is 20.8. The minimum atomic E-state index is -0.397. The number of rotatable bonds is 6. The number of amides is 3. The largest absolute Gasteiger partial charge is 0.484 e. The summed E-state index contributed by atoms with van der Waals surface area (Å²) in [6, 6.07) is 14.3. The number of benzene rings is 2. The van der Waals surface area contributed by atoms with Crippen LogP contribution in [0.2, 0.25) is 0 Å². The third kappa shape index (κ3) is 5.27. The van der Waals surface area contributed by atoms with Gasteiger partial charge in [-0.2, -0.15) is 0 Å². The fourth-order valence-electron chi connectivity index (χ4n) is 2.52. The topological polar surface area (TPSA) is 75.7 Å². The molecule has 0 aliphatic carbocycles. The molecule has 0 aromatic heterocycles. The quantitative estimate of drug-likeness (QED) is 0.585. The van der Waals surface area contributed by atoms with Crippen molar-refractivity contribution >= 4 is 40.6 Å². The summed E-state index contributed by atoms with van der Waals surface area (Å²) in [5, 5.41) is 2.38. The lowest BCUT2D eigenvalue weighted by Crippen LogP contribution is -2.28. The van der Waals surface area contributed by atoms with Gasteiger partial charge in [-0.1, -0.05) is 35.7 Å². The van der Waals surface area contributed by atoms with Gasteiger partial charge in [0.05, 0.1) is 11.4 Å². The van der Waals surface area contributed by atoms with Crippen LogP contribution in [0.25, 0.3) is 6.08 Å². The van der Waals surface area contributed by atoms with E-state index in [1.807, 2.05) is 31.2 Å². The van der Waals surface area contributed by atoms with Crippen molar-refractivity contribution < 1.29 is 19.1 Å². The molecule has 6 nitrogen and oxygen atoms in total. The Morgan fingerprint density at radius 1 is 1.17 bits per heavy atom. The fraction of sp³-hybridized carbons (Fsp3) is 0.136. The van der Waals surface area contributed by atoms with Crippen molar-refractivity contribution in [3.8, 4) is 18.1 Å². The van der Waals surface area contributed by atoms with Crippen LogP contribution in [0.15, 0.2) is 53.4 Å². The van der Waals surface area contributed by atoms with Crippen molar-refractivity contribution in [1.82, 2.24) is 4.90 Å². The number of aryl methyl sites for hydroxylation is 1. The van der Waals surface area contributed by atoms with Crippen molar-refractivity contribution in [3.05, 3.63) is 64.6 Å². The van der Waals surface area contributed by atoms with Gasteiger partial charge in [-0.15, -0.1) is 6.42 Å². The number of terminal acetylenes is 1. The average molecular weight is 406 g/mol. The maximum atomic E-state index is 12.2. The number of imide groups is 1. The van der Waals surface area contributed by atoms with Crippen LogP contribution in [-0.2, 0) is 9.59 Å². The van der Waals surface area contributed by atoms with Crippen LogP contribution in [0.4, 0.5) is 10.5 Å². The monoisotopic (exact) mass is 406 g/mol. The highest BCUT2D eigenvalue weighted by Gasteiger charge is 2.34. The minimum Gasteiger partial charge on any atom is -0.484 e. The predicted octanol–water partition coefficient (Wildman–Crippen LogP) is 3.68. The van der Waals surface area contributed by atoms with Gasteiger partial charge in [0, 0.05) is 5.69 Å². The Hall–Kier alpha value is -3.50. The van der Waals surface area contributed by atoms with E-state index in [2.05, 4.69) is 11.2 Å². The van der Waals surface area contributed by atoms with Gasteiger partial charge in [-0.3, -0.25) is 19.3 Å². The van der Waals surface area contributed by atoms with E-state index in [0.717, 1.165) is 27.8 Å². The molecular formula is C22H18N2O4S. The maximum absolute atomic E-state index is 12.2. The van der Waals surface area contributed by atoms with Gasteiger partial charge in [-0.25, -0.2) is 0 Å². The summed E-state index contributed by atoms with van der Waals surface area (Å²) in [7, 11) is 0. The Balaban J connectivity index is 1.56. The molecule has 3 rings (SSSR count). The van der Waals surface area contributed by atoms with Crippen LogP contribution in [-0.4, -0.2) is 35.1 Å². The summed E-state index contributed by atoms with van der Waals surface area (Å²) >= 11 is 0.855. The molecular weight excluding hydrogens is 388 g/mol. The van der Waals surface area contributed by atoms with Gasteiger partial charge in [-0.05, 0) is 54.6 Å². The lowest BCUT2D eigenvalue weighted by molar-refractivity contribution is -0.122. The molecule has 0 unspecified atom stereocenters. The number of nitrogens with one attached hydrogen (secondary N) is 1. The molecule has 146 valence electrons. The standard InChI is InChI=1S/C22H18N2O4S/c1-3-12-24-21(26)19(29-22(24)27)13-16-6-10-18(11-7-16)28-14-20(25)23-17-8-4-15(2)5-9-17/h1,4-11,13H,12,14H2,2H3,(H,23,25). The molecule has 29 heavy (non-hydrogen) atoms. The van der Waals surface area contributed by atoms with Gasteiger partial charge in [0.15, 0.2) is 6.61 Å². The maximum Gasteiger partial charge on any atom is 0.294 e. The Morgan fingerprint density at radius 2 is 1.86 bits per heavy atom. The van der Waals surface area contributed by atoms with Crippen LogP contribution < -0.4 is 10.1 Å². The van der Waals surface area contributed by atoms with Crippen molar-refractivity contribution in [2.24, 2.45) is 0 Å². The minimum absolute atomic E-state index is 0.0422. The summed E-state index contributed by atoms with van der Waals surface area (Å²) in [5.74, 6) is 2.15. The Bertz CT molecular complexity index is 1000. The SMILES string of the molecule is C#CCN1C(=O)SC(=Cc2ccc(OCC(=O)Nc3ccc(C)cc3)cc2)C1=O. The summed E-state index contributed by atoms with van der Waals surface area (Å²) in [6.07, 6.45) is 6.80. The first-order valence-corrected chi connectivity index (χ1v) is 9.56. The van der Waals surface area contributed by atoms with Crippen LogP contribution >= 0.6 is 11.8 Å². The van der Waals surface area contributed by atoms with E-state index in [0.29, 0.717) is 16.3 Å². The number of hydrogen-bond acceptors (Lipinski definition) is 5. The molecule has 0 radical (unpaired) electrons. The highest BCUT2D eigenvalue weighted by atomic mass is 32.2. The van der Waals surface area contributed by atoms with Crippen LogP contribution in [0.5, 0.6) is 5.75 Å². The normalized spacial score (nSPS) is 14.8. The van der Waals surface area contributed by atoms with Gasteiger partial charge < -0.3 is 10.1 Å². The molecule has 1 aliphatic heterocycles. The average Bonchev–Trinajstić information content (AvgIpc) is 2.97. The van der Waals surface area contributed by atoms with Crippen LogP contribution in [0.3, 0.4) is 0 Å². The molecule has 0 saturated carbocycles. The molecule has 0 bridgehead atoms. The molecule has 1 aliphatic rings. The Kier molecular flexibility index (Phi) is 6.37. The van der Waals surface area contributed by atoms with Gasteiger partial charge in [0.2, 0.25) is 0 Å². The molecule has 3 amide bonds. The zero-order valence-electron chi connectivity index (χ0n) is 15.7. The molecule has 0 spiro atoms. The number of nitrogens with zero attached hydrogens (tertiary/aromatic N) is 1. The third-order valence-corrected chi connectivity index (χ3v) is 4.91. The number of thioether (sulfide) groups is 1. The van der Waals surface area contributed by atoms with Crippen LogP contribution in [0.1, 0.15) is 11.1 Å². The number of carbonyl (C=O) groups excluding carboxylic acids is 3. The summed E-state index contributed by atoms with van der Waals surface area (Å²) < 4.78 is 5.49. The summed E-state index contributed by atoms with van der Waals surface area (Å²) in [6.45, 7) is 1.80. The smallest absolute Gasteiger partial charge is 0.294 e. The molecule has 1 N–H and O–H groups in total. The molecule has 1 saturated heterocycles. The second-order valence-corrected chi connectivity index (χ2v) is 7.24. The van der Waals surface area contributed by atoms with E-state index in [-0.39, 0.29) is 24.3 Å². The van der Waals surface area contributed by atoms with E-state index >= 15 is 0 Å². The lowest BCUT2D eigenvalue weighted by atomic mass is 10.2. The summed E-state index contributed by atoms with van der Waals surface area (Å²) in [4.78, 5) is 37.3. The van der Waals surface area contributed by atoms with Crippen molar-refractivity contribution in [2.75, 3.05) is 18.5 Å². The molecule has 2 aromatic carbocycles. The Labute approximate surface area is 172 Å². The Morgan fingerprint density at radius 3 is 2.52 bits per heavy atom. The van der Waals surface area contributed by atoms with E-state index < -0.39 is 5.91 Å². The third-order valence-electron chi connectivity index (χ3n) is 4.01. The fourth-order valence-corrected chi connectivity index (χ4v) is 3.36. The highest BCUT2D eigenvalue weighted by molar-refractivity contribution is 8.18. The summed E-state index contributed by atoms with van der Waals surface area (Å²) in [5.41, 5.74) is 2.55. The highest BCUT2D eigenvalue weighted by Crippen LogP contribution is 2.32. The van der Waals surface area contributed by atoms with Gasteiger partial charge in [0.25, 0.3) is 17.1 Å². The number of carbonyl (C=O) groups is 3. The van der Waals surface area contributed by atoms with Crippen molar-refractivity contribution in [1.29, 1.82) is 0 Å². The van der Waals surface area contributed by atoms with E-state index in [1.165, 1.54) is 0 Å². The van der Waals surface area contributed by atoms with E-state index in [9.17, 15) is 14.4 Å². The number of anilines is 1. The van der Waals surface area contributed by atoms with Crippen molar-refractivity contribution in [3.63, 3.8) is 0 Å². The second-order valence-electron chi connectivity index (χ2n) is 6.24. The lowest BCUT2D eigenvalue weighted by Gasteiger charge is -2.08. The first-order valence-electron chi connectivity index (χ1n) is 8.74.